The van der Waals surface area contributed by atoms with Gasteiger partial charge in [0.25, 0.3) is 0 Å². The molecular formula is C12H14BrO2. The van der Waals surface area contributed by atoms with E-state index in [1.54, 1.807) is 0 Å². The lowest BCUT2D eigenvalue weighted by molar-refractivity contribution is -0.142. The van der Waals surface area contributed by atoms with Crippen LogP contribution in [0.4, 0.5) is 0 Å². The van der Waals surface area contributed by atoms with Crippen molar-refractivity contribution < 1.29 is 9.90 Å². The molecule has 0 heterocycles. The lowest BCUT2D eigenvalue weighted by atomic mass is 9.86. The smallest absolute Gasteiger partial charge is 0.307 e. The van der Waals surface area contributed by atoms with Crippen LogP contribution in [0, 0.1) is 12.0 Å². The maximum Gasteiger partial charge on any atom is 0.307 e. The molecule has 1 N–H and O–H groups in total. The van der Waals surface area contributed by atoms with Gasteiger partial charge in [0.1, 0.15) is 0 Å². The van der Waals surface area contributed by atoms with Crippen molar-refractivity contribution in [3.63, 3.8) is 0 Å². The predicted octanol–water partition coefficient (Wildman–Crippen LogP) is 3.46. The molecule has 0 aliphatic heterocycles. The Morgan fingerprint density at radius 1 is 1.60 bits per heavy atom. The molecule has 81 valence electrons. The largest absolute Gasteiger partial charge is 0.481 e. The van der Waals surface area contributed by atoms with Crippen molar-refractivity contribution in [2.24, 2.45) is 5.92 Å². The molecule has 0 aliphatic carbocycles. The van der Waals surface area contributed by atoms with Gasteiger partial charge in [-0.05, 0) is 36.1 Å². The number of aliphatic carboxylic acids is 1. The number of rotatable bonds is 4. The number of hydrogen-bond donors (Lipinski definition) is 1. The fourth-order valence-electron chi connectivity index (χ4n) is 1.66. The number of halogens is 1. The van der Waals surface area contributed by atoms with Crippen LogP contribution in [-0.4, -0.2) is 11.1 Å². The lowest BCUT2D eigenvalue weighted by Crippen LogP contribution is -2.19. The Hall–Kier alpha value is -0.830. The average Bonchev–Trinajstić information content (AvgIpc) is 2.19. The van der Waals surface area contributed by atoms with Crippen LogP contribution < -0.4 is 0 Å². The summed E-state index contributed by atoms with van der Waals surface area (Å²) in [7, 11) is 0. The van der Waals surface area contributed by atoms with Crippen LogP contribution >= 0.6 is 15.9 Å². The zero-order valence-corrected chi connectivity index (χ0v) is 10.4. The van der Waals surface area contributed by atoms with Crippen molar-refractivity contribution in [2.45, 2.75) is 26.2 Å². The van der Waals surface area contributed by atoms with Gasteiger partial charge < -0.3 is 5.11 Å². The first kappa shape index (κ1) is 12.2. The van der Waals surface area contributed by atoms with Crippen LogP contribution in [0.2, 0.25) is 0 Å². The first-order valence-electron chi connectivity index (χ1n) is 4.96. The monoisotopic (exact) mass is 269 g/mol. The summed E-state index contributed by atoms with van der Waals surface area (Å²) >= 11 is 3.33. The first-order valence-corrected chi connectivity index (χ1v) is 5.75. The number of benzene rings is 1. The minimum absolute atomic E-state index is 0.000556. The van der Waals surface area contributed by atoms with Gasteiger partial charge in [-0.3, -0.25) is 4.79 Å². The maximum absolute atomic E-state index is 11.0. The molecule has 0 bridgehead atoms. The summed E-state index contributed by atoms with van der Waals surface area (Å²) in [4.78, 5) is 11.0. The van der Waals surface area contributed by atoms with E-state index in [1.807, 2.05) is 32.0 Å². The highest BCUT2D eigenvalue weighted by Gasteiger charge is 2.23. The van der Waals surface area contributed by atoms with E-state index >= 15 is 0 Å². The Kier molecular flexibility index (Phi) is 4.33. The van der Waals surface area contributed by atoms with Gasteiger partial charge in [0.15, 0.2) is 0 Å². The fourth-order valence-corrected chi connectivity index (χ4v) is 1.91. The molecule has 1 rings (SSSR count). The average molecular weight is 270 g/mol. The molecule has 15 heavy (non-hydrogen) atoms. The second-order valence-electron chi connectivity index (χ2n) is 3.60. The van der Waals surface area contributed by atoms with Crippen LogP contribution in [-0.2, 0) is 4.79 Å². The number of carboxylic acid groups (broad SMARTS) is 1. The molecule has 0 amide bonds. The topological polar surface area (TPSA) is 37.3 Å². The molecule has 0 aromatic heterocycles. The summed E-state index contributed by atoms with van der Waals surface area (Å²) in [6.07, 6.45) is 0.639. The van der Waals surface area contributed by atoms with E-state index in [0.29, 0.717) is 6.42 Å². The van der Waals surface area contributed by atoms with Crippen molar-refractivity contribution in [2.75, 3.05) is 0 Å². The number of hydrogen-bond acceptors (Lipinski definition) is 1. The van der Waals surface area contributed by atoms with E-state index in [2.05, 4.69) is 22.0 Å². The highest BCUT2D eigenvalue weighted by molar-refractivity contribution is 9.10. The van der Waals surface area contributed by atoms with Crippen molar-refractivity contribution in [3.8, 4) is 0 Å². The molecule has 0 aliphatic rings. The summed E-state index contributed by atoms with van der Waals surface area (Å²) in [6.45, 7) is 3.83. The Morgan fingerprint density at radius 3 is 2.67 bits per heavy atom. The van der Waals surface area contributed by atoms with Gasteiger partial charge in [0.05, 0.1) is 5.92 Å². The van der Waals surface area contributed by atoms with Crippen LogP contribution in [0.25, 0.3) is 0 Å². The number of carbonyl (C=O) groups is 1. The molecule has 3 heteroatoms. The van der Waals surface area contributed by atoms with Gasteiger partial charge in [0, 0.05) is 4.47 Å². The zero-order chi connectivity index (χ0) is 11.4. The normalized spacial score (nSPS) is 14.6. The molecule has 1 radical (unpaired) electrons. The fraction of sp³-hybridized carbons (Fsp3) is 0.417. The molecule has 0 spiro atoms. The molecule has 2 atom stereocenters. The Balaban J connectivity index is 2.87. The highest BCUT2D eigenvalue weighted by Crippen LogP contribution is 2.27. The summed E-state index contributed by atoms with van der Waals surface area (Å²) in [5, 5.41) is 9.04. The molecule has 0 fully saturated rings. The van der Waals surface area contributed by atoms with E-state index < -0.39 is 5.97 Å². The molecule has 1 aromatic rings. The van der Waals surface area contributed by atoms with Crippen LogP contribution in [0.1, 0.15) is 31.7 Å². The molecule has 0 saturated heterocycles. The Labute approximate surface area is 98.4 Å². The van der Waals surface area contributed by atoms with Crippen LogP contribution in [0.3, 0.4) is 0 Å². The van der Waals surface area contributed by atoms with E-state index in [9.17, 15) is 4.79 Å². The summed E-state index contributed by atoms with van der Waals surface area (Å²) in [6, 6.07) is 8.75. The van der Waals surface area contributed by atoms with Gasteiger partial charge in [-0.15, -0.1) is 0 Å². The van der Waals surface area contributed by atoms with Crippen molar-refractivity contribution in [1.29, 1.82) is 0 Å². The standard InChI is InChI=1S/C12H14BrO2/c1-3-11(12(14)15)8(2)9-4-6-10(13)7-5-9/h4,6-8,11H,3H2,1-2H3,(H,14,15). The summed E-state index contributed by atoms with van der Waals surface area (Å²) in [5.74, 6) is -1.07. The quantitative estimate of drug-likeness (QED) is 0.909. The van der Waals surface area contributed by atoms with E-state index in [1.165, 1.54) is 0 Å². The Bertz CT molecular complexity index is 332. The first-order chi connectivity index (χ1) is 7.06. The van der Waals surface area contributed by atoms with Gasteiger partial charge in [-0.1, -0.05) is 35.8 Å². The second-order valence-corrected chi connectivity index (χ2v) is 4.52. The van der Waals surface area contributed by atoms with Crippen molar-refractivity contribution in [3.05, 3.63) is 34.3 Å². The number of carboxylic acids is 1. The minimum atomic E-state index is -0.735. The van der Waals surface area contributed by atoms with E-state index in [-0.39, 0.29) is 11.8 Å². The third-order valence-electron chi connectivity index (χ3n) is 2.65. The third kappa shape index (κ3) is 3.06. The maximum atomic E-state index is 11.0. The van der Waals surface area contributed by atoms with E-state index in [4.69, 9.17) is 5.11 Å². The van der Waals surface area contributed by atoms with Gasteiger partial charge in [0.2, 0.25) is 0 Å². The third-order valence-corrected chi connectivity index (χ3v) is 3.14. The predicted molar refractivity (Wildman–Crippen MR) is 62.8 cm³/mol. The lowest BCUT2D eigenvalue weighted by Gasteiger charge is -2.18. The van der Waals surface area contributed by atoms with Crippen molar-refractivity contribution in [1.82, 2.24) is 0 Å². The SMILES string of the molecule is CCC(C(=O)O)C(C)c1[c]cc(Br)cc1. The molecule has 2 unspecified atom stereocenters. The van der Waals surface area contributed by atoms with Crippen LogP contribution in [0.15, 0.2) is 22.7 Å². The molecule has 2 nitrogen and oxygen atoms in total. The zero-order valence-electron chi connectivity index (χ0n) is 8.83. The Morgan fingerprint density at radius 2 is 2.27 bits per heavy atom. The van der Waals surface area contributed by atoms with Crippen LogP contribution in [0.5, 0.6) is 0 Å². The van der Waals surface area contributed by atoms with Crippen molar-refractivity contribution >= 4 is 21.9 Å². The van der Waals surface area contributed by atoms with Gasteiger partial charge in [-0.25, -0.2) is 0 Å². The second kappa shape index (κ2) is 5.31. The summed E-state index contributed by atoms with van der Waals surface area (Å²) in [5.41, 5.74) is 0.951. The van der Waals surface area contributed by atoms with E-state index in [0.717, 1.165) is 10.0 Å². The molecule has 1 aromatic carbocycles. The highest BCUT2D eigenvalue weighted by atomic mass is 79.9. The molecule has 0 saturated carbocycles. The van der Waals surface area contributed by atoms with Gasteiger partial charge in [-0.2, -0.15) is 0 Å². The minimum Gasteiger partial charge on any atom is -0.481 e. The van der Waals surface area contributed by atoms with Gasteiger partial charge >= 0.3 is 5.97 Å². The molecular weight excluding hydrogens is 256 g/mol. The summed E-state index contributed by atoms with van der Waals surface area (Å²) < 4.78 is 0.960.